The van der Waals surface area contributed by atoms with Crippen molar-refractivity contribution in [3.63, 3.8) is 0 Å². The van der Waals surface area contributed by atoms with Crippen molar-refractivity contribution >= 4 is 11.0 Å². The normalized spacial score (nSPS) is 12.6. The highest BCUT2D eigenvalue weighted by Gasteiger charge is 2.14. The Morgan fingerprint density at radius 2 is 1.70 bits per heavy atom. The zero-order chi connectivity index (χ0) is 16.1. The zero-order valence-electron chi connectivity index (χ0n) is 14.2. The Hall–Kier alpha value is -2.09. The third kappa shape index (κ3) is 3.64. The largest absolute Gasteiger partial charge is 0.327 e. The lowest BCUT2D eigenvalue weighted by molar-refractivity contribution is 0.399. The number of benzene rings is 2. The molecule has 1 heterocycles. The van der Waals surface area contributed by atoms with Crippen molar-refractivity contribution in [1.29, 1.82) is 0 Å². The maximum Gasteiger partial charge on any atom is 0.114 e. The first kappa shape index (κ1) is 15.8. The maximum absolute atomic E-state index is 4.92. The summed E-state index contributed by atoms with van der Waals surface area (Å²) >= 11 is 0. The van der Waals surface area contributed by atoms with Crippen molar-refractivity contribution in [3.8, 4) is 0 Å². The topological polar surface area (TPSA) is 17.8 Å². The highest BCUT2D eigenvalue weighted by molar-refractivity contribution is 5.76. The summed E-state index contributed by atoms with van der Waals surface area (Å²) in [4.78, 5) is 4.92. The van der Waals surface area contributed by atoms with Crippen LogP contribution in [-0.4, -0.2) is 9.55 Å². The molecule has 2 heteroatoms. The molecule has 1 unspecified atom stereocenters. The smallest absolute Gasteiger partial charge is 0.114 e. The molecule has 1 aromatic heterocycles. The van der Waals surface area contributed by atoms with Gasteiger partial charge in [-0.25, -0.2) is 4.98 Å². The van der Waals surface area contributed by atoms with Gasteiger partial charge in [0.05, 0.1) is 11.0 Å². The molecule has 23 heavy (non-hydrogen) atoms. The van der Waals surface area contributed by atoms with Gasteiger partial charge in [-0.2, -0.15) is 0 Å². The highest BCUT2D eigenvalue weighted by atomic mass is 15.1. The monoisotopic (exact) mass is 306 g/mol. The van der Waals surface area contributed by atoms with Crippen molar-refractivity contribution in [2.45, 2.75) is 46.1 Å². The van der Waals surface area contributed by atoms with E-state index < -0.39 is 0 Å². The molecule has 0 aliphatic rings. The molecule has 0 aliphatic heterocycles. The number of rotatable bonds is 7. The second kappa shape index (κ2) is 7.45. The van der Waals surface area contributed by atoms with Gasteiger partial charge in [0.1, 0.15) is 5.82 Å². The number of hydrogen-bond donors (Lipinski definition) is 0. The first-order chi connectivity index (χ1) is 11.3. The number of hydrogen-bond acceptors (Lipinski definition) is 1. The molecule has 0 bridgehead atoms. The molecule has 0 radical (unpaired) electrons. The van der Waals surface area contributed by atoms with Crippen LogP contribution in [0.1, 0.15) is 44.5 Å². The average molecular weight is 306 g/mol. The molecule has 120 valence electrons. The molecule has 3 rings (SSSR count). The average Bonchev–Trinajstić information content (AvgIpc) is 2.93. The van der Waals surface area contributed by atoms with Gasteiger partial charge in [0.2, 0.25) is 0 Å². The van der Waals surface area contributed by atoms with E-state index in [0.29, 0.717) is 0 Å². The lowest BCUT2D eigenvalue weighted by Gasteiger charge is -2.17. The van der Waals surface area contributed by atoms with E-state index in [9.17, 15) is 0 Å². The molecule has 0 fully saturated rings. The number of para-hydroxylation sites is 2. The van der Waals surface area contributed by atoms with E-state index in [1.54, 1.807) is 0 Å². The third-order valence-corrected chi connectivity index (χ3v) is 4.65. The Labute approximate surface area is 139 Å². The van der Waals surface area contributed by atoms with Crippen LogP contribution in [0.5, 0.6) is 0 Å². The summed E-state index contributed by atoms with van der Waals surface area (Å²) in [7, 11) is 0. The Morgan fingerprint density at radius 1 is 0.957 bits per heavy atom. The van der Waals surface area contributed by atoms with Crippen LogP contribution >= 0.6 is 0 Å². The molecule has 0 N–H and O–H groups in total. The Bertz CT molecular complexity index is 743. The fourth-order valence-corrected chi connectivity index (χ4v) is 3.33. The second-order valence-corrected chi connectivity index (χ2v) is 6.35. The summed E-state index contributed by atoms with van der Waals surface area (Å²) in [6.45, 7) is 5.66. The molecule has 2 nitrogen and oxygen atoms in total. The van der Waals surface area contributed by atoms with Gasteiger partial charge >= 0.3 is 0 Å². The summed E-state index contributed by atoms with van der Waals surface area (Å²) in [6, 6.07) is 19.2. The van der Waals surface area contributed by atoms with Crippen molar-refractivity contribution in [2.75, 3.05) is 0 Å². The molecular weight excluding hydrogens is 280 g/mol. The Balaban J connectivity index is 1.97. The van der Waals surface area contributed by atoms with Crippen LogP contribution in [0.4, 0.5) is 0 Å². The minimum absolute atomic E-state index is 0.729. The maximum atomic E-state index is 4.92. The van der Waals surface area contributed by atoms with Crippen LogP contribution in [-0.2, 0) is 13.0 Å². The predicted molar refractivity (Wildman–Crippen MR) is 97.7 cm³/mol. The zero-order valence-corrected chi connectivity index (χ0v) is 14.2. The van der Waals surface area contributed by atoms with Gasteiger partial charge in [-0.3, -0.25) is 0 Å². The van der Waals surface area contributed by atoms with Crippen molar-refractivity contribution in [1.82, 2.24) is 9.55 Å². The van der Waals surface area contributed by atoms with Crippen LogP contribution in [0.15, 0.2) is 54.6 Å². The summed E-state index contributed by atoms with van der Waals surface area (Å²) in [5.74, 6) is 1.92. The minimum Gasteiger partial charge on any atom is -0.327 e. The highest BCUT2D eigenvalue weighted by Crippen LogP contribution is 2.22. The fraction of sp³-hybridized carbons (Fsp3) is 0.381. The number of aromatic nitrogens is 2. The van der Waals surface area contributed by atoms with Crippen LogP contribution in [0, 0.1) is 5.92 Å². The number of fused-ring (bicyclic) bond motifs is 1. The third-order valence-electron chi connectivity index (χ3n) is 4.65. The Morgan fingerprint density at radius 3 is 2.43 bits per heavy atom. The molecule has 0 saturated carbocycles. The number of nitrogens with zero attached hydrogens (tertiary/aromatic N) is 2. The molecule has 1 atom stereocenters. The lowest BCUT2D eigenvalue weighted by Crippen LogP contribution is -2.13. The molecule has 0 saturated heterocycles. The van der Waals surface area contributed by atoms with E-state index in [1.165, 1.54) is 36.2 Å². The van der Waals surface area contributed by atoms with Crippen molar-refractivity contribution in [2.24, 2.45) is 5.92 Å². The second-order valence-electron chi connectivity index (χ2n) is 6.35. The summed E-state index contributed by atoms with van der Waals surface area (Å²) in [6.07, 6.45) is 4.66. The van der Waals surface area contributed by atoms with Crippen LogP contribution in [0.2, 0.25) is 0 Å². The minimum atomic E-state index is 0.729. The van der Waals surface area contributed by atoms with Gasteiger partial charge in [-0.15, -0.1) is 0 Å². The van der Waals surface area contributed by atoms with E-state index in [4.69, 9.17) is 4.98 Å². The van der Waals surface area contributed by atoms with Crippen LogP contribution in [0.3, 0.4) is 0 Å². The quantitative estimate of drug-likeness (QED) is 0.567. The summed E-state index contributed by atoms with van der Waals surface area (Å²) < 4.78 is 2.45. The first-order valence-corrected chi connectivity index (χ1v) is 8.79. The van der Waals surface area contributed by atoms with Crippen molar-refractivity contribution in [3.05, 3.63) is 66.0 Å². The van der Waals surface area contributed by atoms with Crippen LogP contribution in [0.25, 0.3) is 11.0 Å². The van der Waals surface area contributed by atoms with Gasteiger partial charge in [0, 0.05) is 13.0 Å². The standard InChI is InChI=1S/C21H26N2/c1-3-10-17(4-2)16-23-20-14-9-8-13-19(20)22-21(23)15-18-11-6-5-7-12-18/h5-9,11-14,17H,3-4,10,15-16H2,1-2H3. The van der Waals surface area contributed by atoms with Gasteiger partial charge in [0.15, 0.2) is 0 Å². The molecule has 3 aromatic rings. The van der Waals surface area contributed by atoms with E-state index in [1.807, 2.05) is 0 Å². The molecule has 0 aliphatic carbocycles. The van der Waals surface area contributed by atoms with Gasteiger partial charge in [-0.05, 0) is 30.0 Å². The number of imidazole rings is 1. The predicted octanol–water partition coefficient (Wildman–Crippen LogP) is 5.45. The van der Waals surface area contributed by atoms with Gasteiger partial charge in [-0.1, -0.05) is 69.2 Å². The first-order valence-electron chi connectivity index (χ1n) is 8.79. The van der Waals surface area contributed by atoms with E-state index >= 15 is 0 Å². The van der Waals surface area contributed by atoms with E-state index in [-0.39, 0.29) is 0 Å². The summed E-state index contributed by atoms with van der Waals surface area (Å²) in [5.41, 5.74) is 3.71. The molecule has 0 amide bonds. The summed E-state index contributed by atoms with van der Waals surface area (Å²) in [5, 5.41) is 0. The van der Waals surface area contributed by atoms with Crippen molar-refractivity contribution < 1.29 is 0 Å². The van der Waals surface area contributed by atoms with Crippen LogP contribution < -0.4 is 0 Å². The molecule has 0 spiro atoms. The SMILES string of the molecule is CCCC(CC)Cn1c(Cc2ccccc2)nc2ccccc21. The van der Waals surface area contributed by atoms with Gasteiger partial charge in [0.25, 0.3) is 0 Å². The fourth-order valence-electron chi connectivity index (χ4n) is 3.33. The van der Waals surface area contributed by atoms with E-state index in [0.717, 1.165) is 24.4 Å². The molecular formula is C21H26N2. The van der Waals surface area contributed by atoms with Gasteiger partial charge < -0.3 is 4.57 Å². The lowest BCUT2D eigenvalue weighted by atomic mass is 10.0. The van der Waals surface area contributed by atoms with E-state index in [2.05, 4.69) is 73.0 Å². The molecule has 2 aromatic carbocycles. The Kier molecular flexibility index (Phi) is 5.12.